The summed E-state index contributed by atoms with van der Waals surface area (Å²) in [5.41, 5.74) is -2.49. The fraction of sp³-hybridized carbons (Fsp3) is 0.444. The van der Waals surface area contributed by atoms with Crippen LogP contribution in [-0.2, 0) is 18.7 Å². The summed E-state index contributed by atoms with van der Waals surface area (Å²) in [6.45, 7) is -0.929. The molecule has 1 N–H and O–H groups in total. The van der Waals surface area contributed by atoms with E-state index in [0.717, 1.165) is 0 Å². The standard InChI is InChI=1S/C9H6ClF6NO2/c10-2-5-4(3-18)1-6(8(11,12)13)17-7(5)19-9(14,15)16/h1,18H,2-3H2. The number of halogens is 7. The second-order valence-corrected chi connectivity index (χ2v) is 3.55. The molecule has 1 heterocycles. The van der Waals surface area contributed by atoms with E-state index in [0.29, 0.717) is 6.07 Å². The van der Waals surface area contributed by atoms with Crippen molar-refractivity contribution in [3.8, 4) is 5.88 Å². The molecule has 1 rings (SSSR count). The summed E-state index contributed by atoms with van der Waals surface area (Å²) in [6.07, 6.45) is -10.2. The van der Waals surface area contributed by atoms with E-state index in [-0.39, 0.29) is 0 Å². The average molecular weight is 310 g/mol. The predicted octanol–water partition coefficient (Wildman–Crippen LogP) is 3.23. The molecule has 1 aromatic heterocycles. The van der Waals surface area contributed by atoms with Crippen LogP contribution in [0.3, 0.4) is 0 Å². The number of rotatable bonds is 3. The molecule has 0 spiro atoms. The molecule has 0 aliphatic rings. The SMILES string of the molecule is OCc1cc(C(F)(F)F)nc(OC(F)(F)F)c1CCl. The Bertz CT molecular complexity index is 459. The molecule has 0 radical (unpaired) electrons. The van der Waals surface area contributed by atoms with Crippen LogP contribution < -0.4 is 4.74 Å². The molecule has 0 atom stereocenters. The fourth-order valence-corrected chi connectivity index (χ4v) is 1.51. The van der Waals surface area contributed by atoms with E-state index in [1.807, 2.05) is 0 Å². The summed E-state index contributed by atoms with van der Waals surface area (Å²) in [4.78, 5) is 2.75. The molecule has 0 aliphatic heterocycles. The molecule has 0 saturated carbocycles. The average Bonchev–Trinajstić information content (AvgIpc) is 2.24. The monoisotopic (exact) mass is 309 g/mol. The van der Waals surface area contributed by atoms with Crippen molar-refractivity contribution in [2.45, 2.75) is 25.0 Å². The van der Waals surface area contributed by atoms with Crippen LogP contribution in [0.2, 0.25) is 0 Å². The van der Waals surface area contributed by atoms with E-state index in [1.165, 1.54) is 0 Å². The van der Waals surface area contributed by atoms with Gasteiger partial charge in [-0.2, -0.15) is 13.2 Å². The van der Waals surface area contributed by atoms with Crippen LogP contribution >= 0.6 is 11.6 Å². The lowest BCUT2D eigenvalue weighted by atomic mass is 10.1. The van der Waals surface area contributed by atoms with E-state index < -0.39 is 47.7 Å². The molecule has 1 aromatic rings. The van der Waals surface area contributed by atoms with E-state index in [4.69, 9.17) is 16.7 Å². The second kappa shape index (κ2) is 5.41. The van der Waals surface area contributed by atoms with Gasteiger partial charge in [0.15, 0.2) is 0 Å². The number of pyridine rings is 1. The van der Waals surface area contributed by atoms with Gasteiger partial charge in [0.25, 0.3) is 0 Å². The van der Waals surface area contributed by atoms with Crippen LogP contribution in [0.5, 0.6) is 5.88 Å². The highest BCUT2D eigenvalue weighted by atomic mass is 35.5. The number of nitrogens with zero attached hydrogens (tertiary/aromatic N) is 1. The van der Waals surface area contributed by atoms with Gasteiger partial charge in [-0.15, -0.1) is 24.8 Å². The first-order chi connectivity index (χ1) is 8.58. The Morgan fingerprint density at radius 3 is 2.16 bits per heavy atom. The van der Waals surface area contributed by atoms with Crippen LogP contribution in [0.15, 0.2) is 6.07 Å². The first-order valence-electron chi connectivity index (χ1n) is 4.61. The maximum Gasteiger partial charge on any atom is 0.574 e. The molecule has 0 unspecified atom stereocenters. The van der Waals surface area contributed by atoms with Crippen molar-refractivity contribution in [3.05, 3.63) is 22.9 Å². The number of aliphatic hydroxyl groups is 1. The molecule has 0 amide bonds. The van der Waals surface area contributed by atoms with Gasteiger partial charge in [0.1, 0.15) is 5.69 Å². The summed E-state index contributed by atoms with van der Waals surface area (Å²) in [5.74, 6) is -1.91. The third kappa shape index (κ3) is 4.13. The molecular weight excluding hydrogens is 304 g/mol. The summed E-state index contributed by atoms with van der Waals surface area (Å²) in [5, 5.41) is 8.87. The first-order valence-corrected chi connectivity index (χ1v) is 5.14. The molecule has 10 heteroatoms. The molecule has 0 saturated heterocycles. The van der Waals surface area contributed by atoms with Gasteiger partial charge in [0, 0.05) is 5.56 Å². The van der Waals surface area contributed by atoms with Crippen molar-refractivity contribution in [1.29, 1.82) is 0 Å². The Morgan fingerprint density at radius 1 is 1.21 bits per heavy atom. The quantitative estimate of drug-likeness (QED) is 0.688. The minimum atomic E-state index is -5.22. The summed E-state index contributed by atoms with van der Waals surface area (Å²) in [6, 6.07) is 0.418. The number of ether oxygens (including phenoxy) is 1. The highest BCUT2D eigenvalue weighted by Crippen LogP contribution is 2.34. The van der Waals surface area contributed by atoms with Gasteiger partial charge in [-0.3, -0.25) is 0 Å². The third-order valence-corrected chi connectivity index (χ3v) is 2.25. The van der Waals surface area contributed by atoms with Crippen molar-refractivity contribution in [2.75, 3.05) is 0 Å². The zero-order chi connectivity index (χ0) is 14.8. The summed E-state index contributed by atoms with van der Waals surface area (Å²) >= 11 is 5.33. The minimum absolute atomic E-state index is 0.418. The van der Waals surface area contributed by atoms with Crippen molar-refractivity contribution >= 4 is 11.6 Å². The molecular formula is C9H6ClF6NO2. The fourth-order valence-electron chi connectivity index (χ4n) is 1.22. The number of hydrogen-bond acceptors (Lipinski definition) is 3. The molecule has 0 fully saturated rings. The highest BCUT2D eigenvalue weighted by molar-refractivity contribution is 6.17. The maximum atomic E-state index is 12.4. The lowest BCUT2D eigenvalue weighted by Gasteiger charge is -2.16. The van der Waals surface area contributed by atoms with Crippen LogP contribution in [-0.4, -0.2) is 16.5 Å². The summed E-state index contributed by atoms with van der Waals surface area (Å²) in [7, 11) is 0. The Morgan fingerprint density at radius 2 is 1.79 bits per heavy atom. The van der Waals surface area contributed by atoms with E-state index >= 15 is 0 Å². The molecule has 0 bridgehead atoms. The predicted molar refractivity (Wildman–Crippen MR) is 51.4 cm³/mol. The van der Waals surface area contributed by atoms with E-state index in [2.05, 4.69) is 9.72 Å². The van der Waals surface area contributed by atoms with Gasteiger partial charge in [-0.05, 0) is 11.6 Å². The Kier molecular flexibility index (Phi) is 4.51. The maximum absolute atomic E-state index is 12.4. The third-order valence-electron chi connectivity index (χ3n) is 1.99. The number of hydrogen-bond donors (Lipinski definition) is 1. The van der Waals surface area contributed by atoms with E-state index in [1.54, 1.807) is 0 Å². The normalized spacial score (nSPS) is 12.6. The Balaban J connectivity index is 3.40. The van der Waals surface area contributed by atoms with E-state index in [9.17, 15) is 26.3 Å². The number of alkyl halides is 7. The lowest BCUT2D eigenvalue weighted by molar-refractivity contribution is -0.276. The highest BCUT2D eigenvalue weighted by Gasteiger charge is 2.37. The summed E-state index contributed by atoms with van der Waals surface area (Å²) < 4.78 is 76.9. The van der Waals surface area contributed by atoms with Gasteiger partial charge < -0.3 is 9.84 Å². The number of aromatic nitrogens is 1. The lowest BCUT2D eigenvalue weighted by Crippen LogP contribution is -2.21. The Hall–Kier alpha value is -1.22. The second-order valence-electron chi connectivity index (χ2n) is 3.29. The van der Waals surface area contributed by atoms with Crippen molar-refractivity contribution in [3.63, 3.8) is 0 Å². The van der Waals surface area contributed by atoms with Gasteiger partial charge in [0.05, 0.1) is 12.5 Å². The first kappa shape index (κ1) is 15.8. The Labute approximate surface area is 107 Å². The zero-order valence-electron chi connectivity index (χ0n) is 8.94. The van der Waals surface area contributed by atoms with Gasteiger partial charge >= 0.3 is 12.5 Å². The van der Waals surface area contributed by atoms with Gasteiger partial charge in [-0.25, -0.2) is 4.98 Å². The smallest absolute Gasteiger partial charge is 0.392 e. The van der Waals surface area contributed by atoms with Gasteiger partial charge in [-0.1, -0.05) is 0 Å². The minimum Gasteiger partial charge on any atom is -0.392 e. The topological polar surface area (TPSA) is 42.4 Å². The van der Waals surface area contributed by atoms with Crippen molar-refractivity contribution < 1.29 is 36.2 Å². The zero-order valence-corrected chi connectivity index (χ0v) is 9.70. The van der Waals surface area contributed by atoms with Crippen molar-refractivity contribution in [1.82, 2.24) is 4.98 Å². The van der Waals surface area contributed by atoms with Crippen molar-refractivity contribution in [2.24, 2.45) is 0 Å². The molecule has 108 valence electrons. The van der Waals surface area contributed by atoms with Crippen LogP contribution in [0.4, 0.5) is 26.3 Å². The van der Waals surface area contributed by atoms with Crippen LogP contribution in [0.25, 0.3) is 0 Å². The van der Waals surface area contributed by atoms with Crippen LogP contribution in [0.1, 0.15) is 16.8 Å². The van der Waals surface area contributed by atoms with Gasteiger partial charge in [0.2, 0.25) is 5.88 Å². The molecule has 0 aliphatic carbocycles. The largest absolute Gasteiger partial charge is 0.574 e. The van der Waals surface area contributed by atoms with Crippen LogP contribution in [0, 0.1) is 0 Å². The number of aliphatic hydroxyl groups excluding tert-OH is 1. The molecule has 3 nitrogen and oxygen atoms in total. The molecule has 0 aromatic carbocycles. The molecule has 19 heavy (non-hydrogen) atoms.